The molecule has 1 aromatic heterocycles. The largest absolute Gasteiger partial charge is 0.508 e. The van der Waals surface area contributed by atoms with Gasteiger partial charge in [0.1, 0.15) is 11.3 Å². The molecule has 0 fully saturated rings. The zero-order valence-corrected chi connectivity index (χ0v) is 8.14. The van der Waals surface area contributed by atoms with E-state index < -0.39 is 11.6 Å². The van der Waals surface area contributed by atoms with Gasteiger partial charge in [-0.05, 0) is 23.8 Å². The number of hydrogen-bond acceptors (Lipinski definition) is 4. The number of aromatic hydroxyl groups is 1. The fraction of sp³-hybridized carbons (Fsp3) is 0.0909. The van der Waals surface area contributed by atoms with Crippen LogP contribution in [0.4, 0.5) is 0 Å². The summed E-state index contributed by atoms with van der Waals surface area (Å²) in [4.78, 5) is 21.8. The minimum absolute atomic E-state index is 0.00649. The molecule has 0 aliphatic carbocycles. The lowest BCUT2D eigenvalue weighted by Crippen LogP contribution is -2.06. The van der Waals surface area contributed by atoms with Gasteiger partial charge in [-0.1, -0.05) is 0 Å². The summed E-state index contributed by atoms with van der Waals surface area (Å²) in [5, 5.41) is 18.4. The summed E-state index contributed by atoms with van der Waals surface area (Å²) in [6, 6.07) is 5.29. The number of carboxylic acids is 1. The van der Waals surface area contributed by atoms with Crippen LogP contribution in [0.15, 0.2) is 33.5 Å². The molecule has 5 nitrogen and oxygen atoms in total. The summed E-state index contributed by atoms with van der Waals surface area (Å²) in [6.07, 6.45) is -0.286. The van der Waals surface area contributed by atoms with Crippen molar-refractivity contribution in [2.24, 2.45) is 0 Å². The van der Waals surface area contributed by atoms with Gasteiger partial charge in [0.25, 0.3) is 0 Å². The predicted molar refractivity (Wildman–Crippen MR) is 55.5 cm³/mol. The van der Waals surface area contributed by atoms with Crippen LogP contribution < -0.4 is 5.63 Å². The van der Waals surface area contributed by atoms with E-state index in [9.17, 15) is 14.7 Å². The minimum Gasteiger partial charge on any atom is -0.508 e. The molecule has 2 N–H and O–H groups in total. The van der Waals surface area contributed by atoms with Crippen molar-refractivity contribution < 1.29 is 19.4 Å². The number of phenols is 1. The summed E-state index contributed by atoms with van der Waals surface area (Å²) in [6.45, 7) is 0. The number of aliphatic carboxylic acids is 1. The van der Waals surface area contributed by atoms with Crippen LogP contribution in [0, 0.1) is 0 Å². The molecule has 0 unspecified atom stereocenters. The molecule has 16 heavy (non-hydrogen) atoms. The first-order valence-corrected chi connectivity index (χ1v) is 4.54. The second kappa shape index (κ2) is 3.69. The highest BCUT2D eigenvalue weighted by Crippen LogP contribution is 2.22. The maximum absolute atomic E-state index is 11.1. The van der Waals surface area contributed by atoms with E-state index in [-0.39, 0.29) is 17.8 Å². The standard InChI is InChI=1S/C11H8O5/c12-7-1-2-9-8(5-7)6(3-10(13)14)4-11(15)16-9/h1-2,4-5,12H,3H2,(H,13,14). The lowest BCUT2D eigenvalue weighted by Gasteiger charge is -2.02. The number of rotatable bonds is 2. The SMILES string of the molecule is O=C(O)Cc1cc(=O)oc2ccc(O)cc12. The number of carboxylic acid groups (broad SMARTS) is 1. The number of benzene rings is 1. The van der Waals surface area contributed by atoms with Gasteiger partial charge in [0.05, 0.1) is 6.42 Å². The Balaban J connectivity index is 2.74. The van der Waals surface area contributed by atoms with Crippen LogP contribution in [0.5, 0.6) is 5.75 Å². The summed E-state index contributed by atoms with van der Waals surface area (Å²) in [7, 11) is 0. The molecule has 0 radical (unpaired) electrons. The van der Waals surface area contributed by atoms with E-state index in [0.29, 0.717) is 10.9 Å². The highest BCUT2D eigenvalue weighted by Gasteiger charge is 2.09. The van der Waals surface area contributed by atoms with Crippen molar-refractivity contribution in [1.82, 2.24) is 0 Å². The normalized spacial score (nSPS) is 10.5. The lowest BCUT2D eigenvalue weighted by atomic mass is 10.1. The van der Waals surface area contributed by atoms with Gasteiger partial charge in [0.2, 0.25) is 0 Å². The second-order valence-corrected chi connectivity index (χ2v) is 3.34. The smallest absolute Gasteiger partial charge is 0.336 e. The van der Waals surface area contributed by atoms with Gasteiger partial charge < -0.3 is 14.6 Å². The van der Waals surface area contributed by atoms with Gasteiger partial charge >= 0.3 is 11.6 Å². The topological polar surface area (TPSA) is 87.7 Å². The number of phenolic OH excluding ortho intramolecular Hbond substituents is 1. The van der Waals surface area contributed by atoms with E-state index in [2.05, 4.69) is 0 Å². The summed E-state index contributed by atoms with van der Waals surface area (Å²) in [5.74, 6) is -1.05. The molecule has 2 aromatic rings. The molecule has 0 amide bonds. The van der Waals surface area contributed by atoms with E-state index in [0.717, 1.165) is 6.07 Å². The Morgan fingerprint density at radius 2 is 2.06 bits per heavy atom. The predicted octanol–water partition coefficient (Wildman–Crippen LogP) is 1.13. The van der Waals surface area contributed by atoms with Gasteiger partial charge in [0.15, 0.2) is 0 Å². The van der Waals surface area contributed by atoms with Gasteiger partial charge in [-0.2, -0.15) is 0 Å². The Morgan fingerprint density at radius 3 is 2.75 bits per heavy atom. The highest BCUT2D eigenvalue weighted by molar-refractivity contribution is 5.85. The molecule has 1 heterocycles. The van der Waals surface area contributed by atoms with Crippen molar-refractivity contribution in [3.63, 3.8) is 0 Å². The zero-order valence-electron chi connectivity index (χ0n) is 8.14. The first-order valence-electron chi connectivity index (χ1n) is 4.54. The Bertz CT molecular complexity index is 611. The fourth-order valence-corrected chi connectivity index (χ4v) is 1.52. The van der Waals surface area contributed by atoms with Crippen LogP contribution in [0.2, 0.25) is 0 Å². The molecule has 2 rings (SSSR count). The van der Waals surface area contributed by atoms with E-state index in [1.807, 2.05) is 0 Å². The minimum atomic E-state index is -1.05. The first-order chi connectivity index (χ1) is 7.56. The molecular formula is C11H8O5. The van der Waals surface area contributed by atoms with Crippen molar-refractivity contribution in [3.05, 3.63) is 40.2 Å². The molecule has 0 saturated heterocycles. The van der Waals surface area contributed by atoms with Crippen molar-refractivity contribution in [2.45, 2.75) is 6.42 Å². The third kappa shape index (κ3) is 1.88. The average Bonchev–Trinajstić information content (AvgIpc) is 2.18. The third-order valence-electron chi connectivity index (χ3n) is 2.15. The van der Waals surface area contributed by atoms with Crippen LogP contribution in [0.3, 0.4) is 0 Å². The van der Waals surface area contributed by atoms with Crippen molar-refractivity contribution in [3.8, 4) is 5.75 Å². The molecule has 0 spiro atoms. The molecular weight excluding hydrogens is 212 g/mol. The number of hydrogen-bond donors (Lipinski definition) is 2. The van der Waals surface area contributed by atoms with Gasteiger partial charge in [-0.3, -0.25) is 4.79 Å². The highest BCUT2D eigenvalue weighted by atomic mass is 16.4. The Hall–Kier alpha value is -2.30. The summed E-state index contributed by atoms with van der Waals surface area (Å²) >= 11 is 0. The quantitative estimate of drug-likeness (QED) is 0.740. The van der Waals surface area contributed by atoms with Gasteiger partial charge in [0, 0.05) is 11.5 Å². The van der Waals surface area contributed by atoms with Gasteiger partial charge in [-0.25, -0.2) is 4.79 Å². The van der Waals surface area contributed by atoms with Crippen molar-refractivity contribution in [2.75, 3.05) is 0 Å². The number of carbonyl (C=O) groups is 1. The van der Waals surface area contributed by atoms with E-state index >= 15 is 0 Å². The Kier molecular flexibility index (Phi) is 2.36. The van der Waals surface area contributed by atoms with Crippen LogP contribution in [0.25, 0.3) is 11.0 Å². The molecule has 0 saturated carbocycles. The number of fused-ring (bicyclic) bond motifs is 1. The molecule has 0 aliphatic rings. The van der Waals surface area contributed by atoms with Crippen LogP contribution in [0.1, 0.15) is 5.56 Å². The van der Waals surface area contributed by atoms with Crippen LogP contribution in [-0.4, -0.2) is 16.2 Å². The molecule has 1 aromatic carbocycles. The first kappa shape index (κ1) is 10.2. The maximum Gasteiger partial charge on any atom is 0.336 e. The summed E-state index contributed by atoms with van der Waals surface area (Å²) in [5.41, 5.74) is -0.00867. The van der Waals surface area contributed by atoms with E-state index in [4.69, 9.17) is 9.52 Å². The monoisotopic (exact) mass is 220 g/mol. The molecule has 0 bridgehead atoms. The van der Waals surface area contributed by atoms with Crippen LogP contribution in [-0.2, 0) is 11.2 Å². The Morgan fingerprint density at radius 1 is 1.31 bits per heavy atom. The maximum atomic E-state index is 11.1. The van der Waals surface area contributed by atoms with Crippen molar-refractivity contribution in [1.29, 1.82) is 0 Å². The van der Waals surface area contributed by atoms with Crippen LogP contribution >= 0.6 is 0 Å². The fourth-order valence-electron chi connectivity index (χ4n) is 1.52. The van der Waals surface area contributed by atoms with Gasteiger partial charge in [-0.15, -0.1) is 0 Å². The van der Waals surface area contributed by atoms with E-state index in [1.165, 1.54) is 18.2 Å². The average molecular weight is 220 g/mol. The van der Waals surface area contributed by atoms with E-state index in [1.54, 1.807) is 0 Å². The molecule has 82 valence electrons. The Labute approximate surface area is 89.6 Å². The molecule has 0 aliphatic heterocycles. The second-order valence-electron chi connectivity index (χ2n) is 3.34. The molecule has 5 heteroatoms. The lowest BCUT2D eigenvalue weighted by molar-refractivity contribution is -0.136. The third-order valence-corrected chi connectivity index (χ3v) is 2.15. The van der Waals surface area contributed by atoms with Crippen molar-refractivity contribution >= 4 is 16.9 Å². The molecule has 0 atom stereocenters. The summed E-state index contributed by atoms with van der Waals surface area (Å²) < 4.78 is 4.88. The zero-order chi connectivity index (χ0) is 11.7.